The Labute approximate surface area is 99.3 Å². The van der Waals surface area contributed by atoms with Crippen molar-refractivity contribution >= 4 is 17.9 Å². The highest BCUT2D eigenvalue weighted by molar-refractivity contribution is 6.02. The summed E-state index contributed by atoms with van der Waals surface area (Å²) in [7, 11) is 0. The van der Waals surface area contributed by atoms with E-state index in [0.29, 0.717) is 12.6 Å². The van der Waals surface area contributed by atoms with E-state index in [-0.39, 0.29) is 5.54 Å². The van der Waals surface area contributed by atoms with Crippen molar-refractivity contribution in [3.05, 3.63) is 12.2 Å². The van der Waals surface area contributed by atoms with E-state index in [2.05, 4.69) is 5.32 Å². The van der Waals surface area contributed by atoms with Crippen LogP contribution in [0.4, 0.5) is 4.79 Å². The zero-order valence-electron chi connectivity index (χ0n) is 9.90. The zero-order chi connectivity index (χ0) is 13.1. The maximum Gasteiger partial charge on any atom is 0.328 e. The molecule has 0 spiro atoms. The second kappa shape index (κ2) is 4.99. The summed E-state index contributed by atoms with van der Waals surface area (Å²) in [6.45, 7) is 4.46. The van der Waals surface area contributed by atoms with Crippen LogP contribution >= 0.6 is 0 Å². The molecule has 0 saturated carbocycles. The van der Waals surface area contributed by atoms with Crippen molar-refractivity contribution < 1.29 is 19.5 Å². The van der Waals surface area contributed by atoms with Crippen molar-refractivity contribution in [3.63, 3.8) is 0 Å². The van der Waals surface area contributed by atoms with Gasteiger partial charge in [-0.3, -0.25) is 10.1 Å². The van der Waals surface area contributed by atoms with Crippen molar-refractivity contribution in [1.82, 2.24) is 10.2 Å². The smallest absolute Gasteiger partial charge is 0.328 e. The van der Waals surface area contributed by atoms with Crippen LogP contribution < -0.4 is 5.32 Å². The van der Waals surface area contributed by atoms with Crippen molar-refractivity contribution in [1.29, 1.82) is 0 Å². The fraction of sp³-hybridized carbons (Fsp3) is 0.545. The van der Waals surface area contributed by atoms with E-state index in [1.807, 2.05) is 13.8 Å². The second-order valence-electron chi connectivity index (χ2n) is 4.53. The highest BCUT2D eigenvalue weighted by atomic mass is 16.4. The summed E-state index contributed by atoms with van der Waals surface area (Å²) in [5, 5.41) is 10.5. The number of carbonyl (C=O) groups excluding carboxylic acids is 2. The van der Waals surface area contributed by atoms with Gasteiger partial charge in [-0.05, 0) is 26.7 Å². The number of urea groups is 1. The summed E-state index contributed by atoms with van der Waals surface area (Å²) in [5.74, 6) is -1.95. The predicted octanol–water partition coefficient (Wildman–Crippen LogP) is 0.738. The summed E-state index contributed by atoms with van der Waals surface area (Å²) >= 11 is 0. The molecule has 0 unspecified atom stereocenters. The third-order valence-corrected chi connectivity index (χ3v) is 2.75. The largest absolute Gasteiger partial charge is 0.478 e. The van der Waals surface area contributed by atoms with Gasteiger partial charge in [0.25, 0.3) is 5.91 Å². The minimum absolute atomic E-state index is 0.263. The van der Waals surface area contributed by atoms with Crippen molar-refractivity contribution in [2.45, 2.75) is 32.2 Å². The summed E-state index contributed by atoms with van der Waals surface area (Å²) in [4.78, 5) is 34.7. The zero-order valence-corrected chi connectivity index (χ0v) is 9.90. The molecular formula is C11H16N2O4. The first kappa shape index (κ1) is 13.2. The fourth-order valence-electron chi connectivity index (χ4n) is 1.85. The van der Waals surface area contributed by atoms with Gasteiger partial charge in [-0.2, -0.15) is 0 Å². The second-order valence-corrected chi connectivity index (χ2v) is 4.53. The number of likely N-dealkylation sites (tertiary alicyclic amines) is 1. The minimum Gasteiger partial charge on any atom is -0.478 e. The molecule has 0 atom stereocenters. The minimum atomic E-state index is -1.23. The highest BCUT2D eigenvalue weighted by Crippen LogP contribution is 2.27. The first-order chi connectivity index (χ1) is 7.83. The fourth-order valence-corrected chi connectivity index (χ4v) is 1.85. The van der Waals surface area contributed by atoms with Gasteiger partial charge in [0.15, 0.2) is 0 Å². The normalized spacial score (nSPS) is 18.4. The maximum atomic E-state index is 11.7. The quantitative estimate of drug-likeness (QED) is 0.697. The summed E-state index contributed by atoms with van der Waals surface area (Å²) in [5.41, 5.74) is -0.263. The molecule has 17 heavy (non-hydrogen) atoms. The molecule has 1 aliphatic rings. The standard InChI is InChI=1S/C11H16N2O4/c1-11(2)6-3-7-13(11)10(17)12-8(14)4-5-9(15)16/h4-5H,3,6-7H2,1-2H3,(H,15,16)(H,12,14,17)/b5-4+. The topological polar surface area (TPSA) is 86.7 Å². The molecule has 0 aliphatic carbocycles. The predicted molar refractivity (Wildman–Crippen MR) is 60.3 cm³/mol. The molecule has 6 heteroatoms. The van der Waals surface area contributed by atoms with E-state index in [9.17, 15) is 14.4 Å². The van der Waals surface area contributed by atoms with Gasteiger partial charge in [0, 0.05) is 24.2 Å². The number of nitrogens with zero attached hydrogens (tertiary/aromatic N) is 1. The molecule has 0 aromatic heterocycles. The van der Waals surface area contributed by atoms with Gasteiger partial charge in [0.2, 0.25) is 0 Å². The maximum absolute atomic E-state index is 11.7. The molecule has 1 aliphatic heterocycles. The molecule has 0 aromatic rings. The van der Waals surface area contributed by atoms with Gasteiger partial charge in [-0.25, -0.2) is 9.59 Å². The molecule has 94 valence electrons. The highest BCUT2D eigenvalue weighted by Gasteiger charge is 2.35. The average molecular weight is 240 g/mol. The van der Waals surface area contributed by atoms with E-state index >= 15 is 0 Å². The lowest BCUT2D eigenvalue weighted by Crippen LogP contribution is -2.49. The Bertz CT molecular complexity index is 374. The van der Waals surface area contributed by atoms with Gasteiger partial charge < -0.3 is 10.0 Å². The van der Waals surface area contributed by atoms with E-state index in [4.69, 9.17) is 5.11 Å². The number of imide groups is 1. The summed E-state index contributed by atoms with van der Waals surface area (Å²) in [6.07, 6.45) is 3.31. The van der Waals surface area contributed by atoms with Gasteiger partial charge in [-0.15, -0.1) is 0 Å². The molecule has 2 N–H and O–H groups in total. The van der Waals surface area contributed by atoms with Crippen LogP contribution in [-0.2, 0) is 9.59 Å². The number of carbonyl (C=O) groups is 3. The number of carboxylic acids is 1. The lowest BCUT2D eigenvalue weighted by atomic mass is 10.0. The van der Waals surface area contributed by atoms with Crippen molar-refractivity contribution in [2.75, 3.05) is 6.54 Å². The van der Waals surface area contributed by atoms with Crippen LogP contribution in [0.5, 0.6) is 0 Å². The van der Waals surface area contributed by atoms with E-state index in [1.54, 1.807) is 4.90 Å². The molecule has 1 heterocycles. The van der Waals surface area contributed by atoms with Crippen LogP contribution in [0.25, 0.3) is 0 Å². The Morgan fingerprint density at radius 3 is 2.41 bits per heavy atom. The van der Waals surface area contributed by atoms with Gasteiger partial charge >= 0.3 is 12.0 Å². The van der Waals surface area contributed by atoms with Crippen LogP contribution in [0.1, 0.15) is 26.7 Å². The average Bonchev–Trinajstić information content (AvgIpc) is 2.55. The Morgan fingerprint density at radius 2 is 1.94 bits per heavy atom. The molecule has 1 rings (SSSR count). The molecule has 0 bridgehead atoms. The number of aliphatic carboxylic acids is 1. The number of amides is 3. The van der Waals surface area contributed by atoms with E-state index in [0.717, 1.165) is 18.9 Å². The number of hydrogen-bond acceptors (Lipinski definition) is 3. The van der Waals surface area contributed by atoms with Gasteiger partial charge in [0.1, 0.15) is 0 Å². The SMILES string of the molecule is CC1(C)CCCN1C(=O)NC(=O)/C=C/C(=O)O. The van der Waals surface area contributed by atoms with Crippen LogP contribution in [0.2, 0.25) is 0 Å². The Balaban J connectivity index is 2.55. The monoisotopic (exact) mass is 240 g/mol. The molecule has 0 radical (unpaired) electrons. The molecule has 1 fully saturated rings. The van der Waals surface area contributed by atoms with Crippen molar-refractivity contribution in [2.24, 2.45) is 0 Å². The number of carboxylic acid groups (broad SMARTS) is 1. The van der Waals surface area contributed by atoms with Gasteiger partial charge in [-0.1, -0.05) is 0 Å². The first-order valence-electron chi connectivity index (χ1n) is 5.36. The third kappa shape index (κ3) is 3.58. The van der Waals surface area contributed by atoms with Gasteiger partial charge in [0.05, 0.1) is 0 Å². The lowest BCUT2D eigenvalue weighted by Gasteiger charge is -2.31. The van der Waals surface area contributed by atoms with Crippen LogP contribution in [-0.4, -0.2) is 40.0 Å². The Hall–Kier alpha value is -1.85. The molecular weight excluding hydrogens is 224 g/mol. The number of hydrogen-bond donors (Lipinski definition) is 2. The van der Waals surface area contributed by atoms with E-state index < -0.39 is 17.9 Å². The van der Waals surface area contributed by atoms with E-state index in [1.165, 1.54) is 0 Å². The lowest BCUT2D eigenvalue weighted by molar-refractivity contribution is -0.131. The number of nitrogens with one attached hydrogen (secondary N) is 1. The molecule has 6 nitrogen and oxygen atoms in total. The number of rotatable bonds is 2. The summed E-state index contributed by atoms with van der Waals surface area (Å²) < 4.78 is 0. The first-order valence-corrected chi connectivity index (χ1v) is 5.36. The molecule has 0 aromatic carbocycles. The van der Waals surface area contributed by atoms with Crippen LogP contribution in [0, 0.1) is 0 Å². The Kier molecular flexibility index (Phi) is 3.88. The Morgan fingerprint density at radius 1 is 1.29 bits per heavy atom. The summed E-state index contributed by atoms with van der Waals surface area (Å²) in [6, 6.07) is -0.479. The van der Waals surface area contributed by atoms with Crippen molar-refractivity contribution in [3.8, 4) is 0 Å². The third-order valence-electron chi connectivity index (χ3n) is 2.75. The van der Waals surface area contributed by atoms with Crippen LogP contribution in [0.3, 0.4) is 0 Å². The van der Waals surface area contributed by atoms with Crippen LogP contribution in [0.15, 0.2) is 12.2 Å². The molecule has 3 amide bonds. The molecule has 1 saturated heterocycles.